The van der Waals surface area contributed by atoms with Crippen LogP contribution in [-0.4, -0.2) is 27.4 Å². The Morgan fingerprint density at radius 2 is 2.33 bits per heavy atom. The molecule has 0 radical (unpaired) electrons. The molecule has 1 aromatic rings. The third kappa shape index (κ3) is 1.24. The molecule has 0 aliphatic rings. The van der Waals surface area contributed by atoms with E-state index < -0.39 is 7.12 Å². The third-order valence-corrected chi connectivity index (χ3v) is 1.20. The van der Waals surface area contributed by atoms with Crippen molar-refractivity contribution in [1.82, 2.24) is 10.2 Å². The zero-order valence-electron chi connectivity index (χ0n) is 4.37. The molecule has 0 aromatic carbocycles. The van der Waals surface area contributed by atoms with E-state index in [9.17, 15) is 0 Å². The smallest absolute Gasteiger partial charge is 0.423 e. The molecule has 0 bridgehead atoms. The summed E-state index contributed by atoms with van der Waals surface area (Å²) < 4.78 is 0. The maximum atomic E-state index is 8.50. The van der Waals surface area contributed by atoms with Gasteiger partial charge in [0, 0.05) is 5.46 Å². The summed E-state index contributed by atoms with van der Waals surface area (Å²) in [5, 5.41) is 23.0. The van der Waals surface area contributed by atoms with Crippen LogP contribution >= 0.6 is 11.6 Å². The number of aromatic nitrogens is 2. The second-order valence-electron chi connectivity index (χ2n) is 1.51. The molecule has 0 saturated carbocycles. The number of nitrogens with one attached hydrogen (secondary N) is 1. The van der Waals surface area contributed by atoms with Crippen molar-refractivity contribution in [2.45, 2.75) is 0 Å². The van der Waals surface area contributed by atoms with Crippen molar-refractivity contribution in [1.29, 1.82) is 0 Å². The first kappa shape index (κ1) is 6.60. The Hall–Kier alpha value is -0.515. The fourth-order valence-electron chi connectivity index (χ4n) is 0.460. The maximum absolute atomic E-state index is 8.50. The average Bonchev–Trinajstić information content (AvgIpc) is 2.13. The SMILES string of the molecule is OB(O)c1cn[nH]c1Cl. The van der Waals surface area contributed by atoms with Crippen LogP contribution in [0.3, 0.4) is 0 Å². The zero-order valence-corrected chi connectivity index (χ0v) is 5.13. The van der Waals surface area contributed by atoms with Gasteiger partial charge >= 0.3 is 7.12 Å². The molecule has 0 unspecified atom stereocenters. The molecule has 3 N–H and O–H groups in total. The highest BCUT2D eigenvalue weighted by atomic mass is 35.5. The van der Waals surface area contributed by atoms with Gasteiger partial charge in [-0.25, -0.2) is 0 Å². The summed E-state index contributed by atoms with van der Waals surface area (Å²) in [4.78, 5) is 0. The number of H-pyrrole nitrogens is 1. The van der Waals surface area contributed by atoms with Crippen molar-refractivity contribution in [3.8, 4) is 0 Å². The van der Waals surface area contributed by atoms with E-state index in [0.717, 1.165) is 0 Å². The fourth-order valence-corrected chi connectivity index (χ4v) is 0.655. The van der Waals surface area contributed by atoms with Gasteiger partial charge in [-0.1, -0.05) is 11.6 Å². The highest BCUT2D eigenvalue weighted by molar-refractivity contribution is 6.62. The zero-order chi connectivity index (χ0) is 6.85. The number of rotatable bonds is 1. The van der Waals surface area contributed by atoms with E-state index in [2.05, 4.69) is 10.2 Å². The Morgan fingerprint density at radius 1 is 1.67 bits per heavy atom. The minimum atomic E-state index is -1.55. The van der Waals surface area contributed by atoms with Gasteiger partial charge in [-0.15, -0.1) is 0 Å². The average molecular weight is 146 g/mol. The van der Waals surface area contributed by atoms with Crippen molar-refractivity contribution in [2.75, 3.05) is 0 Å². The minimum absolute atomic E-state index is 0.157. The predicted molar refractivity (Wildman–Crippen MR) is 33.4 cm³/mol. The normalized spacial score (nSPS) is 9.67. The van der Waals surface area contributed by atoms with Gasteiger partial charge in [0.1, 0.15) is 5.15 Å². The molecule has 0 atom stereocenters. The van der Waals surface area contributed by atoms with Gasteiger partial charge in [-0.2, -0.15) is 5.10 Å². The summed E-state index contributed by atoms with van der Waals surface area (Å²) in [5.74, 6) is 0. The van der Waals surface area contributed by atoms with Crippen LogP contribution in [0.5, 0.6) is 0 Å². The van der Waals surface area contributed by atoms with Gasteiger partial charge in [0.05, 0.1) is 6.20 Å². The third-order valence-electron chi connectivity index (χ3n) is 0.898. The summed E-state index contributed by atoms with van der Waals surface area (Å²) >= 11 is 5.40. The highest BCUT2D eigenvalue weighted by Gasteiger charge is 2.15. The van der Waals surface area contributed by atoms with E-state index in [1.165, 1.54) is 6.20 Å². The highest BCUT2D eigenvalue weighted by Crippen LogP contribution is 1.96. The number of halogens is 1. The molecule has 0 aliphatic heterocycles. The summed E-state index contributed by atoms with van der Waals surface area (Å²) in [7, 11) is -1.55. The Balaban J connectivity index is 2.94. The lowest BCUT2D eigenvalue weighted by Crippen LogP contribution is -2.29. The van der Waals surface area contributed by atoms with Crippen molar-refractivity contribution < 1.29 is 10.0 Å². The molecule has 0 fully saturated rings. The second-order valence-corrected chi connectivity index (χ2v) is 1.89. The summed E-state index contributed by atoms with van der Waals surface area (Å²) in [6.07, 6.45) is 1.26. The van der Waals surface area contributed by atoms with Crippen LogP contribution in [0.2, 0.25) is 5.15 Å². The van der Waals surface area contributed by atoms with Crippen molar-refractivity contribution in [3.05, 3.63) is 11.3 Å². The number of nitrogens with zero attached hydrogens (tertiary/aromatic N) is 1. The van der Waals surface area contributed by atoms with E-state index in [1.807, 2.05) is 0 Å². The molecule has 0 saturated heterocycles. The first-order valence-electron chi connectivity index (χ1n) is 2.26. The first-order valence-corrected chi connectivity index (χ1v) is 2.64. The molecule has 0 spiro atoms. The van der Waals surface area contributed by atoms with Crippen molar-refractivity contribution >= 4 is 24.2 Å². The molecular formula is C3H4BClN2O2. The molecule has 0 aliphatic carbocycles. The molecule has 1 heterocycles. The maximum Gasteiger partial charge on any atom is 0.493 e. The van der Waals surface area contributed by atoms with E-state index >= 15 is 0 Å². The van der Waals surface area contributed by atoms with Crippen LogP contribution in [0.15, 0.2) is 6.20 Å². The summed E-state index contributed by atoms with van der Waals surface area (Å²) in [6.45, 7) is 0. The lowest BCUT2D eigenvalue weighted by Gasteiger charge is -1.90. The monoisotopic (exact) mass is 146 g/mol. The Bertz CT molecular complexity index is 201. The van der Waals surface area contributed by atoms with Crippen LogP contribution in [-0.2, 0) is 0 Å². The van der Waals surface area contributed by atoms with Crippen LogP contribution in [0.25, 0.3) is 0 Å². The van der Waals surface area contributed by atoms with Crippen LogP contribution in [0, 0.1) is 0 Å². The Morgan fingerprint density at radius 3 is 2.56 bits per heavy atom. The Kier molecular flexibility index (Phi) is 1.75. The van der Waals surface area contributed by atoms with Crippen LogP contribution < -0.4 is 5.46 Å². The first-order chi connectivity index (χ1) is 4.22. The molecule has 4 nitrogen and oxygen atoms in total. The largest absolute Gasteiger partial charge is 0.493 e. The number of aromatic amines is 1. The standard InChI is InChI=1S/C3H4BClN2O2/c5-3-2(4(8)9)1-6-7-3/h1,8-9H,(H,6,7). The summed E-state index contributed by atoms with van der Waals surface area (Å²) in [5.41, 5.74) is 0.191. The van der Waals surface area contributed by atoms with Crippen molar-refractivity contribution in [3.63, 3.8) is 0 Å². The molecule has 6 heteroatoms. The topological polar surface area (TPSA) is 69.1 Å². The minimum Gasteiger partial charge on any atom is -0.423 e. The summed E-state index contributed by atoms with van der Waals surface area (Å²) in [6, 6.07) is 0. The van der Waals surface area contributed by atoms with Gasteiger partial charge in [0.25, 0.3) is 0 Å². The molecule has 48 valence electrons. The Labute approximate surface area is 56.6 Å². The quantitative estimate of drug-likeness (QED) is 0.433. The van der Waals surface area contributed by atoms with Gasteiger partial charge in [0.2, 0.25) is 0 Å². The lowest BCUT2D eigenvalue weighted by atomic mass is 9.83. The van der Waals surface area contributed by atoms with E-state index in [-0.39, 0.29) is 10.6 Å². The fraction of sp³-hybridized carbons (Fsp3) is 0. The van der Waals surface area contributed by atoms with Gasteiger partial charge in [0.15, 0.2) is 0 Å². The number of hydrogen-bond donors (Lipinski definition) is 3. The number of hydrogen-bond acceptors (Lipinski definition) is 3. The molecule has 9 heavy (non-hydrogen) atoms. The van der Waals surface area contributed by atoms with Crippen LogP contribution in [0.1, 0.15) is 0 Å². The van der Waals surface area contributed by atoms with Gasteiger partial charge in [-0.05, 0) is 0 Å². The van der Waals surface area contributed by atoms with Gasteiger partial charge in [-0.3, -0.25) is 5.10 Å². The molecular weight excluding hydrogens is 142 g/mol. The van der Waals surface area contributed by atoms with E-state index in [4.69, 9.17) is 21.6 Å². The van der Waals surface area contributed by atoms with E-state index in [0.29, 0.717) is 0 Å². The second kappa shape index (κ2) is 2.39. The van der Waals surface area contributed by atoms with Gasteiger partial charge < -0.3 is 10.0 Å². The van der Waals surface area contributed by atoms with E-state index in [1.54, 1.807) is 0 Å². The predicted octanol–water partition coefficient (Wildman–Crippen LogP) is -1.26. The van der Waals surface area contributed by atoms with Crippen molar-refractivity contribution in [2.24, 2.45) is 0 Å². The lowest BCUT2D eigenvalue weighted by molar-refractivity contribution is 0.426. The molecule has 0 amide bonds. The molecule has 1 aromatic heterocycles. The molecule has 1 rings (SSSR count). The van der Waals surface area contributed by atoms with Crippen LogP contribution in [0.4, 0.5) is 0 Å².